The van der Waals surface area contributed by atoms with Crippen LogP contribution >= 0.6 is 22.9 Å². The van der Waals surface area contributed by atoms with Gasteiger partial charge in [0.1, 0.15) is 5.69 Å². The zero-order valence-corrected chi connectivity index (χ0v) is 13.3. The molecule has 0 unspecified atom stereocenters. The molecule has 1 amide bonds. The smallest absolute Gasteiger partial charge is 0.268 e. The maximum atomic E-state index is 12.3. The van der Waals surface area contributed by atoms with Gasteiger partial charge in [-0.25, -0.2) is 0 Å². The van der Waals surface area contributed by atoms with E-state index in [4.69, 9.17) is 16.7 Å². The van der Waals surface area contributed by atoms with Crippen molar-refractivity contribution in [3.8, 4) is 0 Å². The number of nitrogens with zero attached hydrogens (tertiary/aromatic N) is 1. The predicted molar refractivity (Wildman–Crippen MR) is 89.8 cm³/mol. The summed E-state index contributed by atoms with van der Waals surface area (Å²) in [6.45, 7) is 0.774. The Morgan fingerprint density at radius 3 is 2.77 bits per heavy atom. The molecular weight excluding hydrogens is 320 g/mol. The van der Waals surface area contributed by atoms with Crippen LogP contribution < -0.4 is 5.32 Å². The number of halogens is 1. The number of aliphatic hydroxyl groups excluding tert-OH is 1. The minimum Gasteiger partial charge on any atom is -0.395 e. The third-order valence-corrected chi connectivity index (χ3v) is 4.51. The third kappa shape index (κ3) is 3.02. The fourth-order valence-corrected chi connectivity index (χ4v) is 3.32. The summed E-state index contributed by atoms with van der Waals surface area (Å²) in [6, 6.07) is 11.5. The number of benzene rings is 1. The minimum absolute atomic E-state index is 0.0714. The molecule has 114 valence electrons. The van der Waals surface area contributed by atoms with Crippen molar-refractivity contribution < 1.29 is 9.90 Å². The van der Waals surface area contributed by atoms with Gasteiger partial charge in [-0.1, -0.05) is 23.7 Å². The normalized spacial score (nSPS) is 11.0. The van der Waals surface area contributed by atoms with E-state index in [-0.39, 0.29) is 19.1 Å². The summed E-state index contributed by atoms with van der Waals surface area (Å²) in [5.41, 5.74) is 2.71. The number of rotatable bonds is 5. The standard InChI is InChI=1S/C16H15ClN2O2S/c17-12-3-1-11(2-4-12)10-19-13-5-8-22-15(13)9-14(19)16(21)18-6-7-20/h1-5,8-9,20H,6-7,10H2,(H,18,21). The SMILES string of the molecule is O=C(NCCO)c1cc2sccc2n1Cc1ccc(Cl)cc1. The van der Waals surface area contributed by atoms with E-state index in [0.29, 0.717) is 17.3 Å². The Balaban J connectivity index is 1.96. The average molecular weight is 335 g/mol. The molecule has 1 aromatic carbocycles. The van der Waals surface area contributed by atoms with E-state index >= 15 is 0 Å². The van der Waals surface area contributed by atoms with Crippen molar-refractivity contribution in [1.29, 1.82) is 0 Å². The molecule has 3 aromatic rings. The van der Waals surface area contributed by atoms with Gasteiger partial charge >= 0.3 is 0 Å². The predicted octanol–water partition coefficient (Wildman–Crippen LogP) is 3.13. The van der Waals surface area contributed by atoms with Crippen LogP contribution in [0.15, 0.2) is 41.8 Å². The summed E-state index contributed by atoms with van der Waals surface area (Å²) in [5.74, 6) is -0.175. The second-order valence-electron chi connectivity index (χ2n) is 4.89. The van der Waals surface area contributed by atoms with Gasteiger partial charge < -0.3 is 15.0 Å². The highest BCUT2D eigenvalue weighted by molar-refractivity contribution is 7.17. The Bertz CT molecular complexity index is 792. The van der Waals surface area contributed by atoms with Crippen molar-refractivity contribution >= 4 is 39.1 Å². The van der Waals surface area contributed by atoms with E-state index in [1.165, 1.54) is 0 Å². The largest absolute Gasteiger partial charge is 0.395 e. The maximum absolute atomic E-state index is 12.3. The number of aromatic nitrogens is 1. The summed E-state index contributed by atoms with van der Waals surface area (Å²) in [5, 5.41) is 14.3. The van der Waals surface area contributed by atoms with Gasteiger partial charge in [0.05, 0.1) is 16.8 Å². The van der Waals surface area contributed by atoms with Crippen LogP contribution in [0, 0.1) is 0 Å². The van der Waals surface area contributed by atoms with Gasteiger partial charge in [0, 0.05) is 18.1 Å². The van der Waals surface area contributed by atoms with Crippen LogP contribution in [-0.4, -0.2) is 28.7 Å². The van der Waals surface area contributed by atoms with E-state index in [9.17, 15) is 4.79 Å². The minimum atomic E-state index is -0.175. The molecule has 3 rings (SSSR count). The Morgan fingerprint density at radius 2 is 2.05 bits per heavy atom. The zero-order valence-electron chi connectivity index (χ0n) is 11.8. The molecule has 0 fully saturated rings. The monoisotopic (exact) mass is 334 g/mol. The lowest BCUT2D eigenvalue weighted by Gasteiger charge is -2.10. The number of fused-ring (bicyclic) bond motifs is 1. The third-order valence-electron chi connectivity index (χ3n) is 3.41. The molecule has 22 heavy (non-hydrogen) atoms. The van der Waals surface area contributed by atoms with E-state index < -0.39 is 0 Å². The van der Waals surface area contributed by atoms with E-state index in [1.807, 2.05) is 46.3 Å². The van der Waals surface area contributed by atoms with Crippen LogP contribution in [-0.2, 0) is 6.54 Å². The Hall–Kier alpha value is -1.82. The molecule has 2 aromatic heterocycles. The molecule has 0 saturated heterocycles. The second kappa shape index (κ2) is 6.52. The molecule has 2 N–H and O–H groups in total. The summed E-state index contributed by atoms with van der Waals surface area (Å²) in [6.07, 6.45) is 0. The van der Waals surface area contributed by atoms with Gasteiger partial charge in [0.2, 0.25) is 0 Å². The highest BCUT2D eigenvalue weighted by Gasteiger charge is 2.16. The van der Waals surface area contributed by atoms with Crippen molar-refractivity contribution in [1.82, 2.24) is 9.88 Å². The first-order chi connectivity index (χ1) is 10.7. The van der Waals surface area contributed by atoms with Gasteiger partial charge in [-0.3, -0.25) is 4.79 Å². The highest BCUT2D eigenvalue weighted by Crippen LogP contribution is 2.26. The van der Waals surface area contributed by atoms with Crippen molar-refractivity contribution in [2.24, 2.45) is 0 Å². The fourth-order valence-electron chi connectivity index (χ4n) is 2.37. The number of amides is 1. The molecule has 0 saturated carbocycles. The first-order valence-electron chi connectivity index (χ1n) is 6.89. The molecule has 2 heterocycles. The zero-order chi connectivity index (χ0) is 15.5. The van der Waals surface area contributed by atoms with E-state index in [1.54, 1.807) is 11.3 Å². The van der Waals surface area contributed by atoms with Crippen molar-refractivity contribution in [3.05, 3.63) is 58.1 Å². The number of carbonyl (C=O) groups excluding carboxylic acids is 1. The van der Waals surface area contributed by atoms with Gasteiger partial charge in [-0.15, -0.1) is 11.3 Å². The van der Waals surface area contributed by atoms with Crippen LogP contribution in [0.25, 0.3) is 10.2 Å². The molecule has 0 radical (unpaired) electrons. The number of hydrogen-bond donors (Lipinski definition) is 2. The Kier molecular flexibility index (Phi) is 4.47. The summed E-state index contributed by atoms with van der Waals surface area (Å²) < 4.78 is 3.06. The van der Waals surface area contributed by atoms with Crippen LogP contribution in [0.4, 0.5) is 0 Å². The molecule has 0 aliphatic heterocycles. The lowest BCUT2D eigenvalue weighted by atomic mass is 10.2. The first-order valence-corrected chi connectivity index (χ1v) is 8.15. The molecule has 0 spiro atoms. The second-order valence-corrected chi connectivity index (χ2v) is 6.28. The highest BCUT2D eigenvalue weighted by atomic mass is 35.5. The summed E-state index contributed by atoms with van der Waals surface area (Å²) >= 11 is 7.52. The number of carbonyl (C=O) groups is 1. The Labute approximate surface area is 136 Å². The van der Waals surface area contributed by atoms with Gasteiger partial charge in [0.25, 0.3) is 5.91 Å². The summed E-state index contributed by atoms with van der Waals surface area (Å²) in [7, 11) is 0. The first kappa shape index (κ1) is 15.1. The molecule has 0 bridgehead atoms. The molecule has 6 heteroatoms. The number of hydrogen-bond acceptors (Lipinski definition) is 3. The van der Waals surface area contributed by atoms with Crippen LogP contribution in [0.1, 0.15) is 16.1 Å². The van der Waals surface area contributed by atoms with Crippen LogP contribution in [0.2, 0.25) is 5.02 Å². The quantitative estimate of drug-likeness (QED) is 0.753. The summed E-state index contributed by atoms with van der Waals surface area (Å²) in [4.78, 5) is 12.3. The van der Waals surface area contributed by atoms with Gasteiger partial charge in [-0.2, -0.15) is 0 Å². The van der Waals surface area contributed by atoms with Gasteiger partial charge in [-0.05, 0) is 35.2 Å². The van der Waals surface area contributed by atoms with E-state index in [2.05, 4.69) is 5.32 Å². The number of nitrogens with one attached hydrogen (secondary N) is 1. The van der Waals surface area contributed by atoms with Crippen molar-refractivity contribution in [2.75, 3.05) is 13.2 Å². The topological polar surface area (TPSA) is 54.3 Å². The van der Waals surface area contributed by atoms with Crippen molar-refractivity contribution in [2.45, 2.75) is 6.54 Å². The molecule has 0 aliphatic carbocycles. The van der Waals surface area contributed by atoms with Crippen LogP contribution in [0.5, 0.6) is 0 Å². The average Bonchev–Trinajstić information content (AvgIpc) is 3.09. The lowest BCUT2D eigenvalue weighted by molar-refractivity contribution is 0.0936. The number of aliphatic hydroxyl groups is 1. The molecule has 0 aliphatic rings. The molecule has 0 atom stereocenters. The van der Waals surface area contributed by atoms with Gasteiger partial charge in [0.15, 0.2) is 0 Å². The van der Waals surface area contributed by atoms with E-state index in [0.717, 1.165) is 15.8 Å². The lowest BCUT2D eigenvalue weighted by Crippen LogP contribution is -2.28. The Morgan fingerprint density at radius 1 is 1.27 bits per heavy atom. The maximum Gasteiger partial charge on any atom is 0.268 e. The fraction of sp³-hybridized carbons (Fsp3) is 0.188. The van der Waals surface area contributed by atoms with Crippen LogP contribution in [0.3, 0.4) is 0 Å². The molecule has 4 nitrogen and oxygen atoms in total. The number of thiophene rings is 1. The molecular formula is C16H15ClN2O2S. The van der Waals surface area contributed by atoms with Crippen molar-refractivity contribution in [3.63, 3.8) is 0 Å².